The van der Waals surface area contributed by atoms with Crippen LogP contribution in [0.15, 0.2) is 30.5 Å². The van der Waals surface area contributed by atoms with Crippen molar-refractivity contribution in [3.05, 3.63) is 46.9 Å². The SMILES string of the molecule is CCCC(=O)NCc1sc2nc(-c3ccc(F)cc3)cn2c1C. The fourth-order valence-corrected chi connectivity index (χ4v) is 3.45. The molecule has 1 N–H and O–H groups in total. The van der Waals surface area contributed by atoms with E-state index in [1.54, 1.807) is 23.5 Å². The van der Waals surface area contributed by atoms with Gasteiger partial charge in [0.05, 0.1) is 12.2 Å². The lowest BCUT2D eigenvalue weighted by molar-refractivity contribution is -0.121. The Balaban J connectivity index is 1.82. The van der Waals surface area contributed by atoms with Crippen molar-refractivity contribution in [2.75, 3.05) is 0 Å². The fourth-order valence-electron chi connectivity index (χ4n) is 2.41. The highest BCUT2D eigenvalue weighted by molar-refractivity contribution is 7.17. The number of thiazole rings is 1. The zero-order valence-corrected chi connectivity index (χ0v) is 13.9. The molecule has 0 atom stereocenters. The quantitative estimate of drug-likeness (QED) is 0.770. The Bertz CT molecular complexity index is 836. The predicted octanol–water partition coefficient (Wildman–Crippen LogP) is 3.93. The molecule has 3 rings (SSSR count). The van der Waals surface area contributed by atoms with Gasteiger partial charge in [0.25, 0.3) is 0 Å². The topological polar surface area (TPSA) is 46.4 Å². The van der Waals surface area contributed by atoms with Crippen molar-refractivity contribution in [1.29, 1.82) is 0 Å². The molecule has 0 fully saturated rings. The highest BCUT2D eigenvalue weighted by atomic mass is 32.1. The van der Waals surface area contributed by atoms with Crippen LogP contribution in [-0.4, -0.2) is 15.3 Å². The number of fused-ring (bicyclic) bond motifs is 1. The predicted molar refractivity (Wildman–Crippen MR) is 90.0 cm³/mol. The van der Waals surface area contributed by atoms with Gasteiger partial charge in [0, 0.05) is 28.8 Å². The van der Waals surface area contributed by atoms with E-state index in [0.29, 0.717) is 13.0 Å². The first kappa shape index (κ1) is 15.7. The first-order valence-electron chi connectivity index (χ1n) is 7.58. The summed E-state index contributed by atoms with van der Waals surface area (Å²) in [6, 6.07) is 6.32. The number of rotatable bonds is 5. The van der Waals surface area contributed by atoms with Crippen molar-refractivity contribution in [3.63, 3.8) is 0 Å². The average Bonchev–Trinajstić information content (AvgIpc) is 3.06. The van der Waals surface area contributed by atoms with Gasteiger partial charge in [0.15, 0.2) is 4.96 Å². The first-order chi connectivity index (χ1) is 11.1. The van der Waals surface area contributed by atoms with Gasteiger partial charge in [-0.3, -0.25) is 9.20 Å². The number of hydrogen-bond donors (Lipinski definition) is 1. The molecule has 0 unspecified atom stereocenters. The summed E-state index contributed by atoms with van der Waals surface area (Å²) in [5.74, 6) is -0.180. The Hall–Kier alpha value is -2.21. The van der Waals surface area contributed by atoms with E-state index in [1.165, 1.54) is 12.1 Å². The normalized spacial score (nSPS) is 11.1. The lowest BCUT2D eigenvalue weighted by Crippen LogP contribution is -2.21. The van der Waals surface area contributed by atoms with E-state index in [9.17, 15) is 9.18 Å². The largest absolute Gasteiger partial charge is 0.351 e. The molecule has 0 spiro atoms. The van der Waals surface area contributed by atoms with Gasteiger partial charge in [-0.1, -0.05) is 18.3 Å². The van der Waals surface area contributed by atoms with Crippen LogP contribution in [0, 0.1) is 12.7 Å². The van der Waals surface area contributed by atoms with Crippen molar-refractivity contribution in [2.24, 2.45) is 0 Å². The van der Waals surface area contributed by atoms with Crippen molar-refractivity contribution in [3.8, 4) is 11.3 Å². The van der Waals surface area contributed by atoms with Crippen LogP contribution in [0.1, 0.15) is 30.3 Å². The summed E-state index contributed by atoms with van der Waals surface area (Å²) in [4.78, 5) is 18.2. The van der Waals surface area contributed by atoms with E-state index >= 15 is 0 Å². The van der Waals surface area contributed by atoms with E-state index in [2.05, 4.69) is 10.3 Å². The number of benzene rings is 1. The fraction of sp³-hybridized carbons (Fsp3) is 0.294. The number of carbonyl (C=O) groups excluding carboxylic acids is 1. The minimum Gasteiger partial charge on any atom is -0.351 e. The van der Waals surface area contributed by atoms with Gasteiger partial charge in [-0.15, -0.1) is 0 Å². The minimum atomic E-state index is -0.254. The summed E-state index contributed by atoms with van der Waals surface area (Å²) < 4.78 is 15.0. The van der Waals surface area contributed by atoms with Crippen LogP contribution < -0.4 is 5.32 Å². The molecular weight excluding hydrogens is 313 g/mol. The van der Waals surface area contributed by atoms with Crippen LogP contribution >= 0.6 is 11.3 Å². The summed E-state index contributed by atoms with van der Waals surface area (Å²) in [6.45, 7) is 4.53. The Morgan fingerprint density at radius 2 is 2.09 bits per heavy atom. The third-order valence-electron chi connectivity index (χ3n) is 3.72. The van der Waals surface area contributed by atoms with Crippen LogP contribution in [0.5, 0.6) is 0 Å². The lowest BCUT2D eigenvalue weighted by atomic mass is 10.2. The zero-order chi connectivity index (χ0) is 16.4. The van der Waals surface area contributed by atoms with Crippen LogP contribution in [-0.2, 0) is 11.3 Å². The number of imidazole rings is 1. The maximum atomic E-state index is 13.0. The zero-order valence-electron chi connectivity index (χ0n) is 13.1. The molecule has 0 aliphatic rings. The van der Waals surface area contributed by atoms with Crippen molar-refractivity contribution in [1.82, 2.24) is 14.7 Å². The van der Waals surface area contributed by atoms with Gasteiger partial charge in [0.2, 0.25) is 5.91 Å². The molecule has 4 nitrogen and oxygen atoms in total. The van der Waals surface area contributed by atoms with E-state index in [1.807, 2.05) is 24.4 Å². The second-order valence-electron chi connectivity index (χ2n) is 5.42. The van der Waals surface area contributed by atoms with Crippen LogP contribution in [0.4, 0.5) is 4.39 Å². The minimum absolute atomic E-state index is 0.0740. The standard InChI is InChI=1S/C17H18FN3OS/c1-3-4-16(22)19-9-15-11(2)21-10-14(20-17(21)23-15)12-5-7-13(18)8-6-12/h5-8,10H,3-4,9H2,1-2H3,(H,19,22). The van der Waals surface area contributed by atoms with Crippen molar-refractivity contribution in [2.45, 2.75) is 33.2 Å². The van der Waals surface area contributed by atoms with Gasteiger partial charge in [0.1, 0.15) is 5.82 Å². The summed E-state index contributed by atoms with van der Waals surface area (Å²) >= 11 is 1.57. The maximum Gasteiger partial charge on any atom is 0.220 e. The second kappa shape index (κ2) is 6.50. The number of hydrogen-bond acceptors (Lipinski definition) is 3. The Labute approximate surface area is 138 Å². The van der Waals surface area contributed by atoms with Crippen LogP contribution in [0.3, 0.4) is 0 Å². The molecular formula is C17H18FN3OS. The number of aryl methyl sites for hydroxylation is 1. The molecule has 0 aliphatic heterocycles. The van der Waals surface area contributed by atoms with Gasteiger partial charge in [-0.05, 0) is 37.6 Å². The number of amides is 1. The van der Waals surface area contributed by atoms with E-state index in [0.717, 1.165) is 33.2 Å². The number of nitrogens with zero attached hydrogens (tertiary/aromatic N) is 2. The summed E-state index contributed by atoms with van der Waals surface area (Å²) in [7, 11) is 0. The molecule has 120 valence electrons. The lowest BCUT2D eigenvalue weighted by Gasteiger charge is -2.03. The molecule has 1 amide bonds. The molecule has 23 heavy (non-hydrogen) atoms. The molecule has 0 saturated carbocycles. The smallest absolute Gasteiger partial charge is 0.220 e. The highest BCUT2D eigenvalue weighted by Gasteiger charge is 2.13. The van der Waals surface area contributed by atoms with Crippen LogP contribution in [0.25, 0.3) is 16.2 Å². The maximum absolute atomic E-state index is 13.0. The van der Waals surface area contributed by atoms with E-state index in [-0.39, 0.29) is 11.7 Å². The Morgan fingerprint density at radius 3 is 2.74 bits per heavy atom. The van der Waals surface area contributed by atoms with E-state index < -0.39 is 0 Å². The molecule has 0 bridgehead atoms. The molecule has 3 aromatic rings. The molecule has 2 aromatic heterocycles. The first-order valence-corrected chi connectivity index (χ1v) is 8.40. The molecule has 6 heteroatoms. The Morgan fingerprint density at radius 1 is 1.35 bits per heavy atom. The molecule has 0 radical (unpaired) electrons. The number of nitrogens with one attached hydrogen (secondary N) is 1. The van der Waals surface area contributed by atoms with Crippen LogP contribution in [0.2, 0.25) is 0 Å². The molecule has 0 saturated heterocycles. The molecule has 0 aliphatic carbocycles. The molecule has 2 heterocycles. The summed E-state index contributed by atoms with van der Waals surface area (Å²) in [5, 5.41) is 2.93. The molecule has 1 aromatic carbocycles. The highest BCUT2D eigenvalue weighted by Crippen LogP contribution is 2.27. The average molecular weight is 331 g/mol. The monoisotopic (exact) mass is 331 g/mol. The van der Waals surface area contributed by atoms with Gasteiger partial charge in [-0.25, -0.2) is 9.37 Å². The van der Waals surface area contributed by atoms with Crippen molar-refractivity contribution < 1.29 is 9.18 Å². The van der Waals surface area contributed by atoms with E-state index in [4.69, 9.17) is 0 Å². The van der Waals surface area contributed by atoms with Gasteiger partial charge in [-0.2, -0.15) is 0 Å². The summed E-state index contributed by atoms with van der Waals surface area (Å²) in [6.07, 6.45) is 3.35. The third kappa shape index (κ3) is 3.27. The number of halogens is 1. The Kier molecular flexibility index (Phi) is 4.43. The summed E-state index contributed by atoms with van der Waals surface area (Å²) in [5.41, 5.74) is 2.78. The number of carbonyl (C=O) groups is 1. The van der Waals surface area contributed by atoms with Gasteiger partial charge < -0.3 is 5.32 Å². The third-order valence-corrected chi connectivity index (χ3v) is 4.87. The number of aromatic nitrogens is 2. The van der Waals surface area contributed by atoms with Gasteiger partial charge >= 0.3 is 0 Å². The second-order valence-corrected chi connectivity index (χ2v) is 6.49. The van der Waals surface area contributed by atoms with Crippen molar-refractivity contribution >= 4 is 22.2 Å².